The van der Waals surface area contributed by atoms with E-state index in [0.29, 0.717) is 11.4 Å². The predicted molar refractivity (Wildman–Crippen MR) is 82.4 cm³/mol. The summed E-state index contributed by atoms with van der Waals surface area (Å²) in [5.74, 6) is 0.0375. The summed E-state index contributed by atoms with van der Waals surface area (Å²) < 4.78 is 1.54. The van der Waals surface area contributed by atoms with Crippen LogP contribution in [0.5, 0.6) is 0 Å². The first-order chi connectivity index (χ1) is 10.3. The Morgan fingerprint density at radius 1 is 1.00 bits per heavy atom. The molecule has 0 aliphatic rings. The summed E-state index contributed by atoms with van der Waals surface area (Å²) in [6.45, 7) is 0. The largest absolute Gasteiger partial charge is 0.383 e. The molecule has 0 saturated carbocycles. The molecule has 0 aliphatic carbocycles. The molecular formula is C16H14N4O. The summed E-state index contributed by atoms with van der Waals surface area (Å²) in [5.41, 5.74) is 7.91. The molecule has 104 valence electrons. The van der Waals surface area contributed by atoms with Gasteiger partial charge in [0.25, 0.3) is 5.91 Å². The van der Waals surface area contributed by atoms with E-state index in [4.69, 9.17) is 5.73 Å². The number of carbonyl (C=O) groups is 1. The number of rotatable bonds is 3. The van der Waals surface area contributed by atoms with Crippen LogP contribution >= 0.6 is 0 Å². The fourth-order valence-electron chi connectivity index (χ4n) is 2.03. The van der Waals surface area contributed by atoms with Gasteiger partial charge in [0.2, 0.25) is 0 Å². The van der Waals surface area contributed by atoms with E-state index >= 15 is 0 Å². The molecule has 1 aromatic heterocycles. The molecule has 0 atom stereocenters. The van der Waals surface area contributed by atoms with Crippen LogP contribution in [-0.2, 0) is 0 Å². The molecule has 3 aromatic rings. The number of aromatic nitrogens is 2. The van der Waals surface area contributed by atoms with Crippen LogP contribution in [0.2, 0.25) is 0 Å². The van der Waals surface area contributed by atoms with Gasteiger partial charge in [-0.05, 0) is 24.3 Å². The molecule has 21 heavy (non-hydrogen) atoms. The summed E-state index contributed by atoms with van der Waals surface area (Å²) in [5, 5.41) is 6.97. The van der Waals surface area contributed by atoms with Gasteiger partial charge in [0.05, 0.1) is 11.9 Å². The first-order valence-corrected chi connectivity index (χ1v) is 6.51. The number of nitrogens with zero attached hydrogens (tertiary/aromatic N) is 2. The first-order valence-electron chi connectivity index (χ1n) is 6.51. The highest BCUT2D eigenvalue weighted by molar-refractivity contribution is 6.07. The van der Waals surface area contributed by atoms with E-state index in [-0.39, 0.29) is 5.91 Å². The lowest BCUT2D eigenvalue weighted by Crippen LogP contribution is -2.13. The average Bonchev–Trinajstić information content (AvgIpc) is 2.91. The van der Waals surface area contributed by atoms with Crippen LogP contribution in [0, 0.1) is 0 Å². The van der Waals surface area contributed by atoms with Gasteiger partial charge < -0.3 is 11.1 Å². The molecule has 0 fully saturated rings. The van der Waals surface area contributed by atoms with Crippen molar-refractivity contribution in [3.8, 4) is 5.69 Å². The Bertz CT molecular complexity index is 750. The van der Waals surface area contributed by atoms with Crippen molar-refractivity contribution < 1.29 is 4.79 Å². The van der Waals surface area contributed by atoms with Gasteiger partial charge in [0.1, 0.15) is 11.4 Å². The van der Waals surface area contributed by atoms with Crippen molar-refractivity contribution in [2.45, 2.75) is 0 Å². The van der Waals surface area contributed by atoms with Crippen LogP contribution in [0.3, 0.4) is 0 Å². The molecule has 2 aromatic carbocycles. The number of nitrogens with one attached hydrogen (secondary N) is 1. The minimum atomic E-state index is -0.277. The monoisotopic (exact) mass is 278 g/mol. The normalized spacial score (nSPS) is 10.3. The van der Waals surface area contributed by atoms with E-state index < -0.39 is 0 Å². The lowest BCUT2D eigenvalue weighted by Gasteiger charge is -2.06. The van der Waals surface area contributed by atoms with E-state index in [1.54, 1.807) is 4.68 Å². The van der Waals surface area contributed by atoms with Crippen molar-refractivity contribution in [2.24, 2.45) is 0 Å². The number of benzene rings is 2. The van der Waals surface area contributed by atoms with Crippen molar-refractivity contribution in [1.29, 1.82) is 0 Å². The summed E-state index contributed by atoms with van der Waals surface area (Å²) in [7, 11) is 0. The number of amides is 1. The lowest BCUT2D eigenvalue weighted by atomic mass is 10.2. The van der Waals surface area contributed by atoms with Crippen LogP contribution in [0.4, 0.5) is 11.5 Å². The second-order valence-corrected chi connectivity index (χ2v) is 4.51. The number of anilines is 2. The third-order valence-corrected chi connectivity index (χ3v) is 3.08. The zero-order chi connectivity index (χ0) is 14.7. The highest BCUT2D eigenvalue weighted by Gasteiger charge is 2.16. The number of hydrogen-bond donors (Lipinski definition) is 2. The Morgan fingerprint density at radius 2 is 1.62 bits per heavy atom. The number of hydrogen-bond acceptors (Lipinski definition) is 3. The topological polar surface area (TPSA) is 72.9 Å². The minimum absolute atomic E-state index is 0.277. The molecule has 1 heterocycles. The first kappa shape index (κ1) is 12.9. The van der Waals surface area contributed by atoms with Gasteiger partial charge in [0, 0.05) is 5.69 Å². The average molecular weight is 278 g/mol. The summed E-state index contributed by atoms with van der Waals surface area (Å²) in [6.07, 6.45) is 1.47. The molecule has 0 bridgehead atoms. The molecule has 5 nitrogen and oxygen atoms in total. The second kappa shape index (κ2) is 5.50. The maximum Gasteiger partial charge on any atom is 0.261 e. The van der Waals surface area contributed by atoms with Crippen molar-refractivity contribution in [2.75, 3.05) is 11.1 Å². The predicted octanol–water partition coefficient (Wildman–Crippen LogP) is 2.71. The van der Waals surface area contributed by atoms with Gasteiger partial charge in [-0.2, -0.15) is 5.10 Å². The molecular weight excluding hydrogens is 264 g/mol. The Kier molecular flexibility index (Phi) is 3.39. The molecule has 3 N–H and O–H groups in total. The highest BCUT2D eigenvalue weighted by Crippen LogP contribution is 2.18. The van der Waals surface area contributed by atoms with Crippen molar-refractivity contribution in [3.63, 3.8) is 0 Å². The Labute approximate surface area is 122 Å². The summed E-state index contributed by atoms with van der Waals surface area (Å²) in [4.78, 5) is 12.2. The van der Waals surface area contributed by atoms with Crippen LogP contribution in [-0.4, -0.2) is 15.7 Å². The summed E-state index contributed by atoms with van der Waals surface area (Å²) >= 11 is 0. The van der Waals surface area contributed by atoms with Crippen molar-refractivity contribution in [3.05, 3.63) is 72.4 Å². The van der Waals surface area contributed by atoms with Crippen molar-refractivity contribution in [1.82, 2.24) is 9.78 Å². The van der Waals surface area contributed by atoms with E-state index in [0.717, 1.165) is 11.4 Å². The van der Waals surface area contributed by atoms with Gasteiger partial charge in [-0.15, -0.1) is 0 Å². The number of para-hydroxylation sites is 2. The Hall–Kier alpha value is -3.08. The minimum Gasteiger partial charge on any atom is -0.383 e. The van der Waals surface area contributed by atoms with Crippen LogP contribution in [0.25, 0.3) is 5.69 Å². The molecule has 1 amide bonds. The third-order valence-electron chi connectivity index (χ3n) is 3.08. The Balaban J connectivity index is 1.87. The number of nitrogen functional groups attached to an aromatic ring is 1. The Morgan fingerprint density at radius 3 is 2.29 bits per heavy atom. The molecule has 3 rings (SSSR count). The van der Waals surface area contributed by atoms with Crippen molar-refractivity contribution >= 4 is 17.4 Å². The molecule has 0 unspecified atom stereocenters. The zero-order valence-electron chi connectivity index (χ0n) is 11.2. The van der Waals surface area contributed by atoms with E-state index in [1.807, 2.05) is 60.7 Å². The van der Waals surface area contributed by atoms with Gasteiger partial charge in [-0.25, -0.2) is 4.68 Å². The van der Waals surface area contributed by atoms with Crippen LogP contribution in [0.1, 0.15) is 10.4 Å². The second-order valence-electron chi connectivity index (χ2n) is 4.51. The fraction of sp³-hybridized carbons (Fsp3) is 0. The van der Waals surface area contributed by atoms with E-state index in [9.17, 15) is 4.79 Å². The standard InChI is InChI=1S/C16H14N4O/c17-15-14(16(21)19-12-7-3-1-4-8-12)11-18-20(15)13-9-5-2-6-10-13/h1-11H,17H2,(H,19,21). The maximum atomic E-state index is 12.2. The van der Waals surface area contributed by atoms with Crippen LogP contribution in [0.15, 0.2) is 66.9 Å². The molecule has 5 heteroatoms. The van der Waals surface area contributed by atoms with E-state index in [1.165, 1.54) is 6.20 Å². The maximum absolute atomic E-state index is 12.2. The quantitative estimate of drug-likeness (QED) is 0.773. The highest BCUT2D eigenvalue weighted by atomic mass is 16.1. The molecule has 0 aliphatic heterocycles. The zero-order valence-corrected chi connectivity index (χ0v) is 11.2. The van der Waals surface area contributed by atoms with Gasteiger partial charge in [-0.3, -0.25) is 4.79 Å². The number of nitrogens with two attached hydrogens (primary N) is 1. The molecule has 0 spiro atoms. The fourth-order valence-corrected chi connectivity index (χ4v) is 2.03. The van der Waals surface area contributed by atoms with E-state index in [2.05, 4.69) is 10.4 Å². The molecule has 0 radical (unpaired) electrons. The smallest absolute Gasteiger partial charge is 0.261 e. The number of carbonyl (C=O) groups excluding carboxylic acids is 1. The molecule has 0 saturated heterocycles. The SMILES string of the molecule is Nc1c(C(=O)Nc2ccccc2)cnn1-c1ccccc1. The van der Waals surface area contributed by atoms with Gasteiger partial charge >= 0.3 is 0 Å². The van der Waals surface area contributed by atoms with Gasteiger partial charge in [0.15, 0.2) is 0 Å². The summed E-state index contributed by atoms with van der Waals surface area (Å²) in [6, 6.07) is 18.7. The third kappa shape index (κ3) is 2.62. The van der Waals surface area contributed by atoms with Gasteiger partial charge in [-0.1, -0.05) is 36.4 Å². The lowest BCUT2D eigenvalue weighted by molar-refractivity contribution is 0.102. The van der Waals surface area contributed by atoms with Crippen LogP contribution < -0.4 is 11.1 Å².